The molecular formula is C18H26BrN. The molecule has 3 atom stereocenters. The van der Waals surface area contributed by atoms with Crippen LogP contribution in [0.2, 0.25) is 0 Å². The van der Waals surface area contributed by atoms with Crippen LogP contribution >= 0.6 is 15.9 Å². The fourth-order valence-corrected chi connectivity index (χ4v) is 4.57. The highest BCUT2D eigenvalue weighted by Gasteiger charge is 2.36. The van der Waals surface area contributed by atoms with Gasteiger partial charge in [0, 0.05) is 16.6 Å². The molecule has 1 aromatic rings. The molecule has 0 aromatic heterocycles. The van der Waals surface area contributed by atoms with Crippen LogP contribution in [0, 0.1) is 11.8 Å². The first-order valence-corrected chi connectivity index (χ1v) is 8.98. The van der Waals surface area contributed by atoms with Crippen molar-refractivity contribution < 1.29 is 0 Å². The Labute approximate surface area is 131 Å². The van der Waals surface area contributed by atoms with Gasteiger partial charge in [-0.3, -0.25) is 0 Å². The van der Waals surface area contributed by atoms with E-state index in [0.29, 0.717) is 0 Å². The summed E-state index contributed by atoms with van der Waals surface area (Å²) in [5.41, 5.74) is 1.50. The lowest BCUT2D eigenvalue weighted by atomic mass is 9.75. The minimum atomic E-state index is 0.752. The maximum Gasteiger partial charge on any atom is 0.0178 e. The van der Waals surface area contributed by atoms with Crippen LogP contribution in [0.5, 0.6) is 0 Å². The molecular weight excluding hydrogens is 310 g/mol. The van der Waals surface area contributed by atoms with E-state index in [2.05, 4.69) is 59.4 Å². The highest BCUT2D eigenvalue weighted by Crippen LogP contribution is 2.40. The standard InChI is InChI=1S/C18H26BrN/c1-3-13-7-8-18(12(13)2)20-17-10-15(11-17)14-5-4-6-16(19)9-14/h4-6,9,12-13,15,17-18,20H,3,7-8,10-11H2,1-2H3. The van der Waals surface area contributed by atoms with Gasteiger partial charge < -0.3 is 5.32 Å². The van der Waals surface area contributed by atoms with Crippen molar-refractivity contribution >= 4 is 15.9 Å². The molecule has 0 heterocycles. The summed E-state index contributed by atoms with van der Waals surface area (Å²) in [6.45, 7) is 4.79. The Morgan fingerprint density at radius 3 is 2.70 bits per heavy atom. The molecule has 2 aliphatic carbocycles. The fraction of sp³-hybridized carbons (Fsp3) is 0.667. The van der Waals surface area contributed by atoms with Crippen LogP contribution in [0.1, 0.15) is 57.4 Å². The minimum absolute atomic E-state index is 0.752. The molecule has 2 aliphatic rings. The lowest BCUT2D eigenvalue weighted by molar-refractivity contribution is 0.235. The van der Waals surface area contributed by atoms with Gasteiger partial charge in [0.05, 0.1) is 0 Å². The summed E-state index contributed by atoms with van der Waals surface area (Å²) in [4.78, 5) is 0. The number of hydrogen-bond donors (Lipinski definition) is 1. The molecule has 1 aromatic carbocycles. The monoisotopic (exact) mass is 335 g/mol. The molecule has 20 heavy (non-hydrogen) atoms. The van der Waals surface area contributed by atoms with Gasteiger partial charge in [-0.05, 0) is 61.1 Å². The zero-order chi connectivity index (χ0) is 14.1. The van der Waals surface area contributed by atoms with Crippen LogP contribution < -0.4 is 5.32 Å². The predicted molar refractivity (Wildman–Crippen MR) is 89.0 cm³/mol. The van der Waals surface area contributed by atoms with Gasteiger partial charge in [-0.2, -0.15) is 0 Å². The van der Waals surface area contributed by atoms with Crippen LogP contribution in [-0.2, 0) is 0 Å². The number of benzene rings is 1. The van der Waals surface area contributed by atoms with Crippen molar-refractivity contribution in [2.45, 2.75) is 64.0 Å². The summed E-state index contributed by atoms with van der Waals surface area (Å²) >= 11 is 3.58. The number of hydrogen-bond acceptors (Lipinski definition) is 1. The summed E-state index contributed by atoms with van der Waals surface area (Å²) in [5.74, 6) is 2.59. The third kappa shape index (κ3) is 2.96. The third-order valence-electron chi connectivity index (χ3n) is 5.66. The second-order valence-corrected chi connectivity index (χ2v) is 7.71. The Balaban J connectivity index is 1.49. The van der Waals surface area contributed by atoms with Crippen molar-refractivity contribution in [3.8, 4) is 0 Å². The largest absolute Gasteiger partial charge is 0.311 e. The molecule has 0 radical (unpaired) electrons. The summed E-state index contributed by atoms with van der Waals surface area (Å²) in [5, 5.41) is 3.93. The van der Waals surface area contributed by atoms with Gasteiger partial charge >= 0.3 is 0 Å². The van der Waals surface area contributed by atoms with Gasteiger partial charge in [0.15, 0.2) is 0 Å². The molecule has 0 bridgehead atoms. The van der Waals surface area contributed by atoms with E-state index in [1.54, 1.807) is 0 Å². The van der Waals surface area contributed by atoms with Crippen LogP contribution in [0.3, 0.4) is 0 Å². The highest BCUT2D eigenvalue weighted by molar-refractivity contribution is 9.10. The summed E-state index contributed by atoms with van der Waals surface area (Å²) in [6, 6.07) is 10.4. The number of halogens is 1. The third-order valence-corrected chi connectivity index (χ3v) is 6.15. The van der Waals surface area contributed by atoms with Crippen molar-refractivity contribution in [2.75, 3.05) is 0 Å². The van der Waals surface area contributed by atoms with E-state index in [1.165, 1.54) is 42.1 Å². The second kappa shape index (κ2) is 6.19. The van der Waals surface area contributed by atoms with E-state index in [9.17, 15) is 0 Å². The van der Waals surface area contributed by atoms with Crippen molar-refractivity contribution in [3.63, 3.8) is 0 Å². The van der Waals surface area contributed by atoms with Gasteiger partial charge in [-0.1, -0.05) is 48.3 Å². The number of rotatable bonds is 4. The first-order chi connectivity index (χ1) is 9.67. The highest BCUT2D eigenvalue weighted by atomic mass is 79.9. The average molecular weight is 336 g/mol. The van der Waals surface area contributed by atoms with E-state index < -0.39 is 0 Å². The van der Waals surface area contributed by atoms with Crippen LogP contribution in [-0.4, -0.2) is 12.1 Å². The van der Waals surface area contributed by atoms with Crippen molar-refractivity contribution in [2.24, 2.45) is 11.8 Å². The van der Waals surface area contributed by atoms with E-state index in [0.717, 1.165) is 29.8 Å². The summed E-state index contributed by atoms with van der Waals surface area (Å²) in [7, 11) is 0. The number of nitrogens with one attached hydrogen (secondary N) is 1. The molecule has 2 heteroatoms. The van der Waals surface area contributed by atoms with Gasteiger partial charge in [0.25, 0.3) is 0 Å². The van der Waals surface area contributed by atoms with Crippen molar-refractivity contribution in [1.82, 2.24) is 5.32 Å². The van der Waals surface area contributed by atoms with Gasteiger partial charge in [0.1, 0.15) is 0 Å². The van der Waals surface area contributed by atoms with Gasteiger partial charge in [-0.25, -0.2) is 0 Å². The molecule has 1 nitrogen and oxygen atoms in total. The smallest absolute Gasteiger partial charge is 0.0178 e. The molecule has 3 unspecified atom stereocenters. The summed E-state index contributed by atoms with van der Waals surface area (Å²) < 4.78 is 1.21. The molecule has 3 rings (SSSR count). The fourth-order valence-electron chi connectivity index (χ4n) is 4.15. The molecule has 2 fully saturated rings. The Hall–Kier alpha value is -0.340. The van der Waals surface area contributed by atoms with Crippen LogP contribution in [0.4, 0.5) is 0 Å². The topological polar surface area (TPSA) is 12.0 Å². The van der Waals surface area contributed by atoms with E-state index in [-0.39, 0.29) is 0 Å². The Bertz CT molecular complexity index is 452. The molecule has 0 aliphatic heterocycles. The molecule has 110 valence electrons. The molecule has 2 saturated carbocycles. The molecule has 1 N–H and O–H groups in total. The molecule has 0 saturated heterocycles. The first kappa shape index (κ1) is 14.6. The SMILES string of the molecule is CCC1CCC(NC2CC(c3cccc(Br)c3)C2)C1C. The molecule has 0 amide bonds. The second-order valence-electron chi connectivity index (χ2n) is 6.80. The maximum atomic E-state index is 3.93. The Morgan fingerprint density at radius 1 is 1.25 bits per heavy atom. The lowest BCUT2D eigenvalue weighted by Crippen LogP contribution is -2.46. The average Bonchev–Trinajstić information content (AvgIpc) is 2.74. The van der Waals surface area contributed by atoms with Crippen LogP contribution in [0.25, 0.3) is 0 Å². The van der Waals surface area contributed by atoms with Crippen molar-refractivity contribution in [1.29, 1.82) is 0 Å². The lowest BCUT2D eigenvalue weighted by Gasteiger charge is -2.39. The Kier molecular flexibility index (Phi) is 4.52. The predicted octanol–water partition coefficient (Wildman–Crippen LogP) is 5.11. The van der Waals surface area contributed by atoms with E-state index >= 15 is 0 Å². The zero-order valence-corrected chi connectivity index (χ0v) is 14.2. The minimum Gasteiger partial charge on any atom is -0.311 e. The van der Waals surface area contributed by atoms with E-state index in [4.69, 9.17) is 0 Å². The maximum absolute atomic E-state index is 3.93. The normalized spacial score (nSPS) is 36.9. The van der Waals surface area contributed by atoms with E-state index in [1.807, 2.05) is 0 Å². The van der Waals surface area contributed by atoms with Gasteiger partial charge in [-0.15, -0.1) is 0 Å². The first-order valence-electron chi connectivity index (χ1n) is 8.19. The summed E-state index contributed by atoms with van der Waals surface area (Å²) in [6.07, 6.45) is 6.80. The van der Waals surface area contributed by atoms with Crippen molar-refractivity contribution in [3.05, 3.63) is 34.3 Å². The van der Waals surface area contributed by atoms with Gasteiger partial charge in [0.2, 0.25) is 0 Å². The Morgan fingerprint density at radius 2 is 2.05 bits per heavy atom. The van der Waals surface area contributed by atoms with Crippen LogP contribution in [0.15, 0.2) is 28.7 Å². The quantitative estimate of drug-likeness (QED) is 0.806. The zero-order valence-electron chi connectivity index (χ0n) is 12.6. The molecule has 0 spiro atoms.